The molecule has 1 aliphatic heterocycles. The monoisotopic (exact) mass is 437 g/mol. The SMILES string of the molecule is COc1ccc(Cl)cc1CN1CCN(C(=O)CCC(=O)Nc2nnc(C)s2)CC1. The fraction of sp³-hybridized carbons (Fsp3) is 0.474. The molecule has 8 nitrogen and oxygen atoms in total. The fourth-order valence-electron chi connectivity index (χ4n) is 3.17. The number of carbonyl (C=O) groups excluding carboxylic acids is 2. The van der Waals surface area contributed by atoms with Crippen molar-refractivity contribution in [1.29, 1.82) is 0 Å². The Labute approximate surface area is 178 Å². The Morgan fingerprint density at radius 1 is 1.21 bits per heavy atom. The molecule has 1 aromatic heterocycles. The van der Waals surface area contributed by atoms with Crippen molar-refractivity contribution >= 4 is 39.9 Å². The number of aromatic nitrogens is 2. The lowest BCUT2D eigenvalue weighted by Gasteiger charge is -2.35. The van der Waals surface area contributed by atoms with Gasteiger partial charge in [0.15, 0.2) is 0 Å². The van der Waals surface area contributed by atoms with Gasteiger partial charge in [-0.05, 0) is 25.1 Å². The number of amides is 2. The molecule has 1 fully saturated rings. The van der Waals surface area contributed by atoms with Crippen molar-refractivity contribution in [2.45, 2.75) is 26.3 Å². The molecule has 0 aliphatic carbocycles. The summed E-state index contributed by atoms with van der Waals surface area (Å²) in [6, 6.07) is 5.59. The summed E-state index contributed by atoms with van der Waals surface area (Å²) in [4.78, 5) is 28.5. The summed E-state index contributed by atoms with van der Waals surface area (Å²) in [5.41, 5.74) is 1.03. The molecule has 156 valence electrons. The molecule has 1 aromatic carbocycles. The number of aryl methyl sites for hydroxylation is 1. The van der Waals surface area contributed by atoms with Gasteiger partial charge in [0.1, 0.15) is 10.8 Å². The molecule has 0 spiro atoms. The Balaban J connectivity index is 1.42. The van der Waals surface area contributed by atoms with Gasteiger partial charge in [-0.15, -0.1) is 10.2 Å². The number of nitrogens with one attached hydrogen (secondary N) is 1. The van der Waals surface area contributed by atoms with Gasteiger partial charge in [0.05, 0.1) is 7.11 Å². The molecule has 0 bridgehead atoms. The largest absolute Gasteiger partial charge is 0.496 e. The first kappa shape index (κ1) is 21.5. The molecular formula is C19H24ClN5O3S. The van der Waals surface area contributed by atoms with Crippen molar-refractivity contribution in [1.82, 2.24) is 20.0 Å². The van der Waals surface area contributed by atoms with E-state index >= 15 is 0 Å². The van der Waals surface area contributed by atoms with Crippen LogP contribution in [0.5, 0.6) is 5.75 Å². The van der Waals surface area contributed by atoms with Gasteiger partial charge in [-0.3, -0.25) is 14.5 Å². The maximum Gasteiger partial charge on any atom is 0.226 e. The average Bonchev–Trinajstić information content (AvgIpc) is 3.11. The second-order valence-electron chi connectivity index (χ2n) is 6.79. The summed E-state index contributed by atoms with van der Waals surface area (Å²) in [7, 11) is 1.64. The summed E-state index contributed by atoms with van der Waals surface area (Å²) in [6.07, 6.45) is 0.323. The summed E-state index contributed by atoms with van der Waals surface area (Å²) in [5.74, 6) is 0.583. The molecule has 1 N–H and O–H groups in total. The first-order chi connectivity index (χ1) is 13.9. The number of ether oxygens (including phenoxy) is 1. The molecule has 1 saturated heterocycles. The van der Waals surface area contributed by atoms with Crippen LogP contribution >= 0.6 is 22.9 Å². The van der Waals surface area contributed by atoms with Crippen LogP contribution in [0.1, 0.15) is 23.4 Å². The van der Waals surface area contributed by atoms with Crippen molar-refractivity contribution in [3.05, 3.63) is 33.8 Å². The third-order valence-electron chi connectivity index (χ3n) is 4.70. The van der Waals surface area contributed by atoms with Crippen LogP contribution < -0.4 is 10.1 Å². The first-order valence-electron chi connectivity index (χ1n) is 9.37. The van der Waals surface area contributed by atoms with Gasteiger partial charge >= 0.3 is 0 Å². The summed E-state index contributed by atoms with van der Waals surface area (Å²) in [6.45, 7) is 5.33. The molecule has 0 saturated carbocycles. The highest BCUT2D eigenvalue weighted by Crippen LogP contribution is 2.24. The molecule has 0 unspecified atom stereocenters. The lowest BCUT2D eigenvalue weighted by atomic mass is 10.1. The topological polar surface area (TPSA) is 87.7 Å². The van der Waals surface area contributed by atoms with Crippen LogP contribution in [0.4, 0.5) is 5.13 Å². The molecule has 2 amide bonds. The summed E-state index contributed by atoms with van der Waals surface area (Å²) < 4.78 is 5.40. The van der Waals surface area contributed by atoms with E-state index in [4.69, 9.17) is 16.3 Å². The average molecular weight is 438 g/mol. The number of piperazine rings is 1. The van der Waals surface area contributed by atoms with Crippen molar-refractivity contribution in [3.63, 3.8) is 0 Å². The Kier molecular flexibility index (Phi) is 7.40. The van der Waals surface area contributed by atoms with Gasteiger partial charge in [0.2, 0.25) is 16.9 Å². The van der Waals surface area contributed by atoms with Gasteiger partial charge in [-0.2, -0.15) is 0 Å². The number of anilines is 1. The van der Waals surface area contributed by atoms with E-state index in [1.165, 1.54) is 11.3 Å². The smallest absolute Gasteiger partial charge is 0.226 e. The van der Waals surface area contributed by atoms with Crippen LogP contribution in [0.3, 0.4) is 0 Å². The minimum absolute atomic E-state index is 0.00594. The quantitative estimate of drug-likeness (QED) is 0.716. The number of methoxy groups -OCH3 is 1. The number of halogens is 1. The van der Waals surface area contributed by atoms with Crippen LogP contribution in [-0.4, -0.2) is 65.1 Å². The standard InChI is InChI=1S/C19H24ClN5O3S/c1-13-22-23-19(29-13)21-17(26)5-6-18(27)25-9-7-24(8-10-25)12-14-11-15(20)3-4-16(14)28-2/h3-4,11H,5-10,12H2,1-2H3,(H,21,23,26). The van der Waals surface area contributed by atoms with Crippen molar-refractivity contribution in [3.8, 4) is 5.75 Å². The van der Waals surface area contributed by atoms with Gasteiger partial charge < -0.3 is 15.0 Å². The molecule has 29 heavy (non-hydrogen) atoms. The first-order valence-corrected chi connectivity index (χ1v) is 10.6. The third-order valence-corrected chi connectivity index (χ3v) is 5.69. The Hall–Kier alpha value is -2.23. The van der Waals surface area contributed by atoms with Crippen LogP contribution in [0.15, 0.2) is 18.2 Å². The van der Waals surface area contributed by atoms with E-state index in [1.807, 2.05) is 30.0 Å². The minimum atomic E-state index is -0.221. The summed E-state index contributed by atoms with van der Waals surface area (Å²) in [5, 5.41) is 12.3. The van der Waals surface area contributed by atoms with Crippen molar-refractivity contribution < 1.29 is 14.3 Å². The van der Waals surface area contributed by atoms with Crippen LogP contribution in [0, 0.1) is 6.92 Å². The Bertz CT molecular complexity index is 867. The fourth-order valence-corrected chi connectivity index (χ4v) is 3.98. The molecule has 0 atom stereocenters. The number of nitrogens with zero attached hydrogens (tertiary/aromatic N) is 4. The van der Waals surface area contributed by atoms with E-state index in [0.29, 0.717) is 23.2 Å². The number of carbonyl (C=O) groups is 2. The zero-order chi connectivity index (χ0) is 20.8. The maximum absolute atomic E-state index is 12.4. The van der Waals surface area contributed by atoms with Crippen molar-refractivity contribution in [2.75, 3.05) is 38.6 Å². The molecule has 10 heteroatoms. The van der Waals surface area contributed by atoms with E-state index in [2.05, 4.69) is 20.4 Å². The van der Waals surface area contributed by atoms with E-state index in [-0.39, 0.29) is 24.7 Å². The molecule has 1 aliphatic rings. The number of rotatable bonds is 7. The van der Waals surface area contributed by atoms with Gasteiger partial charge in [0.25, 0.3) is 0 Å². The number of benzene rings is 1. The van der Waals surface area contributed by atoms with Crippen LogP contribution in [0.25, 0.3) is 0 Å². The van der Waals surface area contributed by atoms with E-state index < -0.39 is 0 Å². The molecule has 3 rings (SSSR count). The van der Waals surface area contributed by atoms with Gasteiger partial charge in [0, 0.05) is 56.2 Å². The molecule has 2 aromatic rings. The molecular weight excluding hydrogens is 414 g/mol. The second kappa shape index (κ2) is 10.00. The third kappa shape index (κ3) is 6.12. The van der Waals surface area contributed by atoms with Crippen molar-refractivity contribution in [2.24, 2.45) is 0 Å². The minimum Gasteiger partial charge on any atom is -0.496 e. The van der Waals surface area contributed by atoms with E-state index in [1.54, 1.807) is 7.11 Å². The number of hydrogen-bond acceptors (Lipinski definition) is 7. The van der Waals surface area contributed by atoms with Crippen LogP contribution in [-0.2, 0) is 16.1 Å². The highest BCUT2D eigenvalue weighted by atomic mass is 35.5. The highest BCUT2D eigenvalue weighted by Gasteiger charge is 2.22. The molecule has 0 radical (unpaired) electrons. The predicted molar refractivity (Wildman–Crippen MR) is 112 cm³/mol. The maximum atomic E-state index is 12.4. The Morgan fingerprint density at radius 3 is 2.62 bits per heavy atom. The van der Waals surface area contributed by atoms with Crippen LogP contribution in [0.2, 0.25) is 5.02 Å². The zero-order valence-corrected chi connectivity index (χ0v) is 18.1. The summed E-state index contributed by atoms with van der Waals surface area (Å²) >= 11 is 7.41. The Morgan fingerprint density at radius 2 is 1.97 bits per heavy atom. The highest BCUT2D eigenvalue weighted by molar-refractivity contribution is 7.15. The normalized spacial score (nSPS) is 14.7. The lowest BCUT2D eigenvalue weighted by molar-refractivity contribution is -0.134. The van der Waals surface area contributed by atoms with E-state index in [0.717, 1.165) is 36.0 Å². The van der Waals surface area contributed by atoms with Gasteiger partial charge in [-0.25, -0.2) is 0 Å². The second-order valence-corrected chi connectivity index (χ2v) is 8.41. The lowest BCUT2D eigenvalue weighted by Crippen LogP contribution is -2.48. The van der Waals surface area contributed by atoms with Gasteiger partial charge in [-0.1, -0.05) is 22.9 Å². The molecule has 2 heterocycles. The zero-order valence-electron chi connectivity index (χ0n) is 16.5. The predicted octanol–water partition coefficient (Wildman–Crippen LogP) is 2.57. The van der Waals surface area contributed by atoms with E-state index in [9.17, 15) is 9.59 Å². The number of hydrogen-bond donors (Lipinski definition) is 1.